The van der Waals surface area contributed by atoms with Gasteiger partial charge in [0, 0.05) is 11.0 Å². The number of hydrogen-bond acceptors (Lipinski definition) is 2. The molecule has 1 rings (SSSR count). The number of aromatic nitrogens is 1. The molecule has 1 aromatic rings. The Hall–Kier alpha value is -1.22. The molecule has 1 heterocycles. The number of hydrogen-bond donors (Lipinski definition) is 1. The molecule has 0 radical (unpaired) electrons. The normalized spacial score (nSPS) is 10.3. The number of nitriles is 1. The molecule has 0 unspecified atom stereocenters. The first-order chi connectivity index (χ1) is 7.10. The Morgan fingerprint density at radius 1 is 1.60 bits per heavy atom. The number of rotatable bonds is 3. The SMILES string of the molecule is N#CCc1[nH]c(=O)c(C(F)F)cc1CBr. The third-order valence-electron chi connectivity index (χ3n) is 1.88. The average molecular weight is 277 g/mol. The van der Waals surface area contributed by atoms with E-state index in [1.807, 2.05) is 6.07 Å². The molecule has 3 nitrogen and oxygen atoms in total. The van der Waals surface area contributed by atoms with E-state index in [0.717, 1.165) is 6.07 Å². The van der Waals surface area contributed by atoms with Crippen molar-refractivity contribution in [3.63, 3.8) is 0 Å². The van der Waals surface area contributed by atoms with Crippen LogP contribution in [0.5, 0.6) is 0 Å². The van der Waals surface area contributed by atoms with E-state index in [1.165, 1.54) is 0 Å². The van der Waals surface area contributed by atoms with E-state index in [2.05, 4.69) is 20.9 Å². The van der Waals surface area contributed by atoms with Gasteiger partial charge in [-0.3, -0.25) is 4.79 Å². The fraction of sp³-hybridized carbons (Fsp3) is 0.333. The molecular weight excluding hydrogens is 270 g/mol. The lowest BCUT2D eigenvalue weighted by Gasteiger charge is -2.06. The Labute approximate surface area is 92.9 Å². The maximum Gasteiger partial charge on any atom is 0.269 e. The van der Waals surface area contributed by atoms with E-state index >= 15 is 0 Å². The molecule has 15 heavy (non-hydrogen) atoms. The Kier molecular flexibility index (Phi) is 3.97. The summed E-state index contributed by atoms with van der Waals surface area (Å²) in [6.45, 7) is 0. The molecule has 0 aromatic carbocycles. The number of nitrogens with zero attached hydrogens (tertiary/aromatic N) is 1. The van der Waals surface area contributed by atoms with Gasteiger partial charge in [0.25, 0.3) is 12.0 Å². The van der Waals surface area contributed by atoms with Gasteiger partial charge in [0.15, 0.2) is 0 Å². The lowest BCUT2D eigenvalue weighted by molar-refractivity contribution is 0.149. The Morgan fingerprint density at radius 3 is 2.73 bits per heavy atom. The van der Waals surface area contributed by atoms with Crippen molar-refractivity contribution in [1.29, 1.82) is 5.26 Å². The van der Waals surface area contributed by atoms with Crippen LogP contribution >= 0.6 is 15.9 Å². The van der Waals surface area contributed by atoms with Crippen LogP contribution in [0.25, 0.3) is 0 Å². The highest BCUT2D eigenvalue weighted by atomic mass is 79.9. The van der Waals surface area contributed by atoms with Crippen LogP contribution in [0.2, 0.25) is 0 Å². The molecule has 0 atom stereocenters. The minimum Gasteiger partial charge on any atom is -0.324 e. The smallest absolute Gasteiger partial charge is 0.269 e. The second-order valence-corrected chi connectivity index (χ2v) is 3.39. The van der Waals surface area contributed by atoms with Crippen LogP contribution in [-0.2, 0) is 11.8 Å². The van der Waals surface area contributed by atoms with E-state index in [1.54, 1.807) is 0 Å². The van der Waals surface area contributed by atoms with Crippen LogP contribution in [0, 0.1) is 11.3 Å². The largest absolute Gasteiger partial charge is 0.324 e. The summed E-state index contributed by atoms with van der Waals surface area (Å²) in [7, 11) is 0. The molecule has 0 saturated carbocycles. The molecule has 1 N–H and O–H groups in total. The molecule has 0 fully saturated rings. The summed E-state index contributed by atoms with van der Waals surface area (Å²) in [5.41, 5.74) is -0.513. The van der Waals surface area contributed by atoms with Crippen LogP contribution in [0.4, 0.5) is 8.78 Å². The molecule has 0 aliphatic heterocycles. The Morgan fingerprint density at radius 2 is 2.27 bits per heavy atom. The average Bonchev–Trinajstić information content (AvgIpc) is 2.18. The van der Waals surface area contributed by atoms with Crippen molar-refractivity contribution in [3.8, 4) is 6.07 Å². The van der Waals surface area contributed by atoms with Gasteiger partial charge in [-0.25, -0.2) is 8.78 Å². The van der Waals surface area contributed by atoms with E-state index in [0.29, 0.717) is 16.6 Å². The van der Waals surface area contributed by atoms with Gasteiger partial charge in [-0.15, -0.1) is 0 Å². The van der Waals surface area contributed by atoms with Gasteiger partial charge in [-0.2, -0.15) is 5.26 Å². The van der Waals surface area contributed by atoms with Crippen molar-refractivity contribution in [3.05, 3.63) is 33.2 Å². The summed E-state index contributed by atoms with van der Waals surface area (Å²) >= 11 is 3.11. The standard InChI is InChI=1S/C9H7BrF2N2O/c10-4-5-3-6(8(11)12)9(15)14-7(5)1-2-13/h3,8H,1,4H2,(H,14,15). The lowest BCUT2D eigenvalue weighted by Crippen LogP contribution is -2.16. The van der Waals surface area contributed by atoms with E-state index in [4.69, 9.17) is 5.26 Å². The number of H-pyrrole nitrogens is 1. The number of alkyl halides is 3. The first kappa shape index (κ1) is 11.9. The monoisotopic (exact) mass is 276 g/mol. The van der Waals surface area contributed by atoms with Gasteiger partial charge in [-0.05, 0) is 11.6 Å². The number of halogens is 3. The summed E-state index contributed by atoms with van der Waals surface area (Å²) in [4.78, 5) is 13.5. The molecule has 1 aromatic heterocycles. The van der Waals surface area contributed by atoms with Crippen LogP contribution < -0.4 is 5.56 Å². The summed E-state index contributed by atoms with van der Waals surface area (Å²) in [5, 5.41) is 8.79. The van der Waals surface area contributed by atoms with E-state index in [9.17, 15) is 13.6 Å². The minimum absolute atomic E-state index is 0.000306. The van der Waals surface area contributed by atoms with Crippen LogP contribution in [0.1, 0.15) is 23.2 Å². The topological polar surface area (TPSA) is 56.6 Å². The highest BCUT2D eigenvalue weighted by Crippen LogP contribution is 2.18. The summed E-state index contributed by atoms with van der Waals surface area (Å²) in [6, 6.07) is 2.99. The molecule has 80 valence electrons. The lowest BCUT2D eigenvalue weighted by atomic mass is 10.1. The molecule has 0 spiro atoms. The zero-order valence-corrected chi connectivity index (χ0v) is 9.14. The molecule has 0 bridgehead atoms. The summed E-state index contributed by atoms with van der Waals surface area (Å²) < 4.78 is 24.7. The predicted octanol–water partition coefficient (Wildman–Crippen LogP) is 2.27. The molecule has 0 aliphatic carbocycles. The van der Waals surface area contributed by atoms with Crippen molar-refractivity contribution in [2.45, 2.75) is 18.2 Å². The van der Waals surface area contributed by atoms with Gasteiger partial charge in [0.1, 0.15) is 0 Å². The second-order valence-electron chi connectivity index (χ2n) is 2.83. The maximum atomic E-state index is 12.4. The zero-order chi connectivity index (χ0) is 11.4. The number of nitrogens with one attached hydrogen (secondary N) is 1. The van der Waals surface area contributed by atoms with E-state index in [-0.39, 0.29) is 6.42 Å². The second kappa shape index (κ2) is 5.03. The van der Waals surface area contributed by atoms with Crippen molar-refractivity contribution in [2.75, 3.05) is 0 Å². The summed E-state index contributed by atoms with van der Waals surface area (Å²) in [6.07, 6.45) is -2.80. The molecule has 0 saturated heterocycles. The van der Waals surface area contributed by atoms with Gasteiger partial charge in [-0.1, -0.05) is 15.9 Å². The first-order valence-electron chi connectivity index (χ1n) is 4.06. The number of pyridine rings is 1. The fourth-order valence-corrected chi connectivity index (χ4v) is 1.65. The Balaban J connectivity index is 3.30. The quantitative estimate of drug-likeness (QED) is 0.861. The third-order valence-corrected chi connectivity index (χ3v) is 2.48. The third kappa shape index (κ3) is 2.63. The molecular formula is C9H7BrF2N2O. The van der Waals surface area contributed by atoms with Crippen LogP contribution in [0.3, 0.4) is 0 Å². The predicted molar refractivity (Wildman–Crippen MR) is 54.0 cm³/mol. The first-order valence-corrected chi connectivity index (χ1v) is 5.18. The van der Waals surface area contributed by atoms with Crippen molar-refractivity contribution in [1.82, 2.24) is 4.98 Å². The molecule has 0 amide bonds. The van der Waals surface area contributed by atoms with Gasteiger partial charge < -0.3 is 4.98 Å². The van der Waals surface area contributed by atoms with E-state index < -0.39 is 17.5 Å². The van der Waals surface area contributed by atoms with Crippen LogP contribution in [0.15, 0.2) is 10.9 Å². The van der Waals surface area contributed by atoms with Crippen molar-refractivity contribution in [2.24, 2.45) is 0 Å². The highest BCUT2D eigenvalue weighted by molar-refractivity contribution is 9.08. The Bertz CT molecular complexity index is 450. The van der Waals surface area contributed by atoms with Gasteiger partial charge in [0.05, 0.1) is 18.1 Å². The zero-order valence-electron chi connectivity index (χ0n) is 7.56. The summed E-state index contributed by atoms with van der Waals surface area (Å²) in [5.74, 6) is 0. The van der Waals surface area contributed by atoms with Crippen LogP contribution in [-0.4, -0.2) is 4.98 Å². The molecule has 6 heteroatoms. The fourth-order valence-electron chi connectivity index (χ4n) is 1.15. The van der Waals surface area contributed by atoms with Crippen molar-refractivity contribution >= 4 is 15.9 Å². The maximum absolute atomic E-state index is 12.4. The number of aromatic amines is 1. The van der Waals surface area contributed by atoms with Crippen molar-refractivity contribution < 1.29 is 8.78 Å². The highest BCUT2D eigenvalue weighted by Gasteiger charge is 2.15. The minimum atomic E-state index is -2.80. The molecule has 0 aliphatic rings. The van der Waals surface area contributed by atoms with Gasteiger partial charge >= 0.3 is 0 Å². The van der Waals surface area contributed by atoms with Gasteiger partial charge in [0.2, 0.25) is 0 Å².